The number of sulfonamides is 1. The second kappa shape index (κ2) is 7.87. The summed E-state index contributed by atoms with van der Waals surface area (Å²) in [6, 6.07) is 4.36. The van der Waals surface area contributed by atoms with Gasteiger partial charge in [-0.3, -0.25) is 4.98 Å². The number of hydrogen-bond acceptors (Lipinski definition) is 4. The number of nitrogens with zero attached hydrogens (tertiary/aromatic N) is 1. The quantitative estimate of drug-likeness (QED) is 0.800. The number of pyridine rings is 1. The number of aromatic nitrogens is 1. The molecule has 1 saturated carbocycles. The Balaban J connectivity index is 1.76. The van der Waals surface area contributed by atoms with Gasteiger partial charge in [0.25, 0.3) is 0 Å². The van der Waals surface area contributed by atoms with Gasteiger partial charge in [0.05, 0.1) is 5.75 Å². The fourth-order valence-electron chi connectivity index (χ4n) is 2.82. The highest BCUT2D eigenvalue weighted by molar-refractivity contribution is 7.89. The Labute approximate surface area is 127 Å². The minimum atomic E-state index is -3.20. The second-order valence-electron chi connectivity index (χ2n) is 5.65. The molecule has 0 bridgehead atoms. The van der Waals surface area contributed by atoms with Gasteiger partial charge >= 0.3 is 0 Å². The molecule has 0 spiro atoms. The van der Waals surface area contributed by atoms with Crippen LogP contribution in [0.15, 0.2) is 24.5 Å². The van der Waals surface area contributed by atoms with Gasteiger partial charge in [0.2, 0.25) is 10.0 Å². The summed E-state index contributed by atoms with van der Waals surface area (Å²) in [5.41, 5.74) is 1.01. The van der Waals surface area contributed by atoms with Gasteiger partial charge in [-0.1, -0.05) is 6.92 Å². The zero-order chi connectivity index (χ0) is 15.1. The number of aryl methyl sites for hydroxylation is 1. The predicted octanol–water partition coefficient (Wildman–Crippen LogP) is 1.46. The van der Waals surface area contributed by atoms with E-state index in [4.69, 9.17) is 0 Å². The van der Waals surface area contributed by atoms with Crippen LogP contribution < -0.4 is 10.0 Å². The Morgan fingerprint density at radius 1 is 1.14 bits per heavy atom. The molecule has 0 saturated heterocycles. The van der Waals surface area contributed by atoms with E-state index in [0.717, 1.165) is 37.8 Å². The summed E-state index contributed by atoms with van der Waals surface area (Å²) in [5, 5.41) is 3.43. The molecule has 0 atom stereocenters. The number of nitrogens with one attached hydrogen (secondary N) is 2. The van der Waals surface area contributed by atoms with E-state index >= 15 is 0 Å². The molecule has 5 nitrogen and oxygen atoms in total. The molecule has 0 radical (unpaired) electrons. The van der Waals surface area contributed by atoms with Gasteiger partial charge in [0.15, 0.2) is 0 Å². The summed E-state index contributed by atoms with van der Waals surface area (Å²) >= 11 is 0. The molecule has 1 aromatic heterocycles. The maximum Gasteiger partial charge on any atom is 0.212 e. The van der Waals surface area contributed by atoms with Crippen molar-refractivity contribution in [1.29, 1.82) is 0 Å². The molecule has 1 aliphatic rings. The third-order valence-corrected chi connectivity index (χ3v) is 5.41. The van der Waals surface area contributed by atoms with Gasteiger partial charge < -0.3 is 5.32 Å². The zero-order valence-electron chi connectivity index (χ0n) is 12.6. The Bertz CT molecular complexity index is 511. The molecule has 21 heavy (non-hydrogen) atoms. The van der Waals surface area contributed by atoms with Gasteiger partial charge in [-0.25, -0.2) is 13.1 Å². The largest absolute Gasteiger partial charge is 0.314 e. The summed E-state index contributed by atoms with van der Waals surface area (Å²) in [6.07, 6.45) is 7.86. The first kappa shape index (κ1) is 16.4. The molecule has 118 valence electrons. The van der Waals surface area contributed by atoms with E-state index in [2.05, 4.69) is 21.9 Å². The molecule has 2 N–H and O–H groups in total. The van der Waals surface area contributed by atoms with Crippen LogP contribution in [0.25, 0.3) is 0 Å². The molecule has 2 rings (SSSR count). The van der Waals surface area contributed by atoms with E-state index in [1.807, 2.05) is 12.1 Å². The fraction of sp³-hybridized carbons (Fsp3) is 0.667. The average molecular weight is 311 g/mol. The van der Waals surface area contributed by atoms with E-state index in [-0.39, 0.29) is 11.8 Å². The van der Waals surface area contributed by atoms with Gasteiger partial charge in [-0.2, -0.15) is 0 Å². The Morgan fingerprint density at radius 2 is 1.76 bits per heavy atom. The third-order valence-electron chi connectivity index (χ3n) is 3.98. The topological polar surface area (TPSA) is 71.1 Å². The van der Waals surface area contributed by atoms with Crippen molar-refractivity contribution in [2.45, 2.75) is 51.1 Å². The molecule has 1 aliphatic carbocycles. The highest BCUT2D eigenvalue weighted by atomic mass is 32.2. The fourth-order valence-corrected chi connectivity index (χ4v) is 4.18. The van der Waals surface area contributed by atoms with Crippen LogP contribution in [-0.2, 0) is 16.4 Å². The van der Waals surface area contributed by atoms with Crippen molar-refractivity contribution in [3.8, 4) is 0 Å². The van der Waals surface area contributed by atoms with Crippen molar-refractivity contribution in [3.63, 3.8) is 0 Å². The van der Waals surface area contributed by atoms with E-state index in [0.29, 0.717) is 12.5 Å². The molecule has 6 heteroatoms. The third kappa shape index (κ3) is 5.73. The van der Waals surface area contributed by atoms with Crippen LogP contribution in [0.3, 0.4) is 0 Å². The molecular weight excluding hydrogens is 286 g/mol. The van der Waals surface area contributed by atoms with Crippen molar-refractivity contribution in [2.24, 2.45) is 0 Å². The van der Waals surface area contributed by atoms with Crippen LogP contribution in [-0.4, -0.2) is 37.8 Å². The molecule has 0 aromatic carbocycles. The summed E-state index contributed by atoms with van der Waals surface area (Å²) in [6.45, 7) is 3.08. The summed E-state index contributed by atoms with van der Waals surface area (Å²) in [7, 11) is -3.20. The van der Waals surface area contributed by atoms with Gasteiger partial charge in [-0.15, -0.1) is 0 Å². The van der Waals surface area contributed by atoms with E-state index in [1.54, 1.807) is 12.4 Å². The van der Waals surface area contributed by atoms with Crippen molar-refractivity contribution in [2.75, 3.05) is 12.3 Å². The van der Waals surface area contributed by atoms with E-state index < -0.39 is 10.0 Å². The molecule has 0 aliphatic heterocycles. The summed E-state index contributed by atoms with van der Waals surface area (Å²) in [4.78, 5) is 3.93. The van der Waals surface area contributed by atoms with E-state index in [9.17, 15) is 8.42 Å². The zero-order valence-corrected chi connectivity index (χ0v) is 13.4. The van der Waals surface area contributed by atoms with Crippen LogP contribution >= 0.6 is 0 Å². The lowest BCUT2D eigenvalue weighted by Crippen LogP contribution is -2.43. The lowest BCUT2D eigenvalue weighted by Gasteiger charge is -2.29. The van der Waals surface area contributed by atoms with Crippen LogP contribution in [0.5, 0.6) is 0 Å². The first-order valence-electron chi connectivity index (χ1n) is 7.71. The monoisotopic (exact) mass is 311 g/mol. The van der Waals surface area contributed by atoms with E-state index in [1.165, 1.54) is 0 Å². The van der Waals surface area contributed by atoms with Crippen LogP contribution in [0.1, 0.15) is 38.2 Å². The minimum absolute atomic E-state index is 0.0994. The van der Waals surface area contributed by atoms with Crippen molar-refractivity contribution in [1.82, 2.24) is 15.0 Å². The molecule has 0 amide bonds. The van der Waals surface area contributed by atoms with Crippen molar-refractivity contribution >= 4 is 10.0 Å². The molecule has 1 fully saturated rings. The maximum absolute atomic E-state index is 12.1. The van der Waals surface area contributed by atoms with Crippen LogP contribution in [0.4, 0.5) is 0 Å². The standard InChI is InChI=1S/C15H25N3O2S/c1-2-17-14-3-5-15(6-4-14)18-21(19,20)12-9-13-7-10-16-11-8-13/h7-8,10-11,14-15,17-18H,2-6,9,12H2,1H3. The highest BCUT2D eigenvalue weighted by Gasteiger charge is 2.24. The average Bonchev–Trinajstić information content (AvgIpc) is 2.48. The van der Waals surface area contributed by atoms with Crippen molar-refractivity contribution < 1.29 is 8.42 Å². The van der Waals surface area contributed by atoms with Crippen molar-refractivity contribution in [3.05, 3.63) is 30.1 Å². The molecule has 0 unspecified atom stereocenters. The van der Waals surface area contributed by atoms with Crippen LogP contribution in [0.2, 0.25) is 0 Å². The Morgan fingerprint density at radius 3 is 2.38 bits per heavy atom. The lowest BCUT2D eigenvalue weighted by molar-refractivity contribution is 0.333. The lowest BCUT2D eigenvalue weighted by atomic mass is 9.92. The van der Waals surface area contributed by atoms with Gasteiger partial charge in [0.1, 0.15) is 0 Å². The molecular formula is C15H25N3O2S. The molecule has 1 heterocycles. The Kier molecular flexibility index (Phi) is 6.14. The maximum atomic E-state index is 12.1. The predicted molar refractivity (Wildman–Crippen MR) is 84.6 cm³/mol. The number of hydrogen-bond donors (Lipinski definition) is 2. The minimum Gasteiger partial charge on any atom is -0.314 e. The van der Waals surface area contributed by atoms with Gasteiger partial charge in [-0.05, 0) is 56.3 Å². The summed E-state index contributed by atoms with van der Waals surface area (Å²) in [5.74, 6) is 0.143. The second-order valence-corrected chi connectivity index (χ2v) is 7.52. The Hall–Kier alpha value is -0.980. The van der Waals surface area contributed by atoms with Crippen LogP contribution in [0, 0.1) is 0 Å². The highest BCUT2D eigenvalue weighted by Crippen LogP contribution is 2.19. The molecule has 1 aromatic rings. The SMILES string of the molecule is CCNC1CCC(NS(=O)(=O)CCc2ccncc2)CC1. The normalized spacial score (nSPS) is 23.1. The first-order chi connectivity index (χ1) is 10.1. The first-order valence-corrected chi connectivity index (χ1v) is 9.36. The summed E-state index contributed by atoms with van der Waals surface area (Å²) < 4.78 is 27.1. The smallest absolute Gasteiger partial charge is 0.212 e. The number of rotatable bonds is 7. The van der Waals surface area contributed by atoms with Gasteiger partial charge in [0, 0.05) is 24.5 Å².